The second-order valence-corrected chi connectivity index (χ2v) is 9.22. The summed E-state index contributed by atoms with van der Waals surface area (Å²) in [4.78, 5) is 28.2. The lowest BCUT2D eigenvalue weighted by Crippen LogP contribution is -2.44. The Morgan fingerprint density at radius 1 is 1.13 bits per heavy atom. The Labute approximate surface area is 181 Å². The molecule has 0 spiro atoms. The normalized spacial score (nSPS) is 15.3. The minimum absolute atomic E-state index is 0.107. The summed E-state index contributed by atoms with van der Waals surface area (Å²) in [5.74, 6) is -0.628. The summed E-state index contributed by atoms with van der Waals surface area (Å²) < 4.78 is 31.8. The number of amides is 2. The number of carbonyl (C=O) groups is 2. The third kappa shape index (κ3) is 6.02. The number of rotatable bonds is 7. The molecule has 1 fully saturated rings. The van der Waals surface area contributed by atoms with E-state index in [1.54, 1.807) is 31.4 Å². The van der Waals surface area contributed by atoms with Crippen LogP contribution in [0.15, 0.2) is 53.7 Å². The van der Waals surface area contributed by atoms with E-state index < -0.39 is 21.8 Å². The number of ether oxygens (including phenoxy) is 1. The molecule has 0 atom stereocenters. The molecule has 1 aromatic heterocycles. The Bertz CT molecular complexity index is 1010. The largest absolute Gasteiger partial charge is 0.497 e. The predicted octanol–water partition coefficient (Wildman–Crippen LogP) is 0.924. The van der Waals surface area contributed by atoms with Crippen molar-refractivity contribution in [2.75, 3.05) is 26.7 Å². The average molecular weight is 447 g/mol. The van der Waals surface area contributed by atoms with E-state index in [1.165, 1.54) is 22.8 Å². The zero-order chi connectivity index (χ0) is 22.3. The van der Waals surface area contributed by atoms with E-state index in [4.69, 9.17) is 4.74 Å². The number of piperidine rings is 1. The number of aromatic nitrogens is 1. The molecule has 0 bridgehead atoms. The van der Waals surface area contributed by atoms with Crippen molar-refractivity contribution in [1.82, 2.24) is 19.9 Å². The third-order valence-corrected chi connectivity index (χ3v) is 7.07. The van der Waals surface area contributed by atoms with E-state index >= 15 is 0 Å². The van der Waals surface area contributed by atoms with Crippen LogP contribution in [0.1, 0.15) is 18.4 Å². The van der Waals surface area contributed by atoms with Gasteiger partial charge in [-0.1, -0.05) is 12.1 Å². The molecule has 1 aromatic carbocycles. The predicted molar refractivity (Wildman–Crippen MR) is 114 cm³/mol. The molecular formula is C21H26N4O5S. The van der Waals surface area contributed by atoms with E-state index in [1.807, 2.05) is 6.07 Å². The molecule has 2 aromatic rings. The van der Waals surface area contributed by atoms with Gasteiger partial charge in [0.05, 0.1) is 7.11 Å². The maximum absolute atomic E-state index is 12.6. The summed E-state index contributed by atoms with van der Waals surface area (Å²) in [6.45, 7) is 1.26. The fourth-order valence-corrected chi connectivity index (χ4v) is 4.80. The SMILES string of the molecule is COc1cccc(CNC(=O)C(=O)NCC2CCN(S(=O)(=O)c3cccnc3)CC2)c1. The van der Waals surface area contributed by atoms with Gasteiger partial charge in [-0.2, -0.15) is 4.31 Å². The molecule has 2 heterocycles. The lowest BCUT2D eigenvalue weighted by molar-refractivity contribution is -0.139. The number of methoxy groups -OCH3 is 1. The smallest absolute Gasteiger partial charge is 0.309 e. The van der Waals surface area contributed by atoms with Crippen molar-refractivity contribution in [2.24, 2.45) is 5.92 Å². The highest BCUT2D eigenvalue weighted by molar-refractivity contribution is 7.89. The first-order valence-electron chi connectivity index (χ1n) is 9.99. The molecule has 166 valence electrons. The number of pyridine rings is 1. The molecule has 0 saturated carbocycles. The molecule has 1 aliphatic heterocycles. The second kappa shape index (κ2) is 10.4. The van der Waals surface area contributed by atoms with Crippen molar-refractivity contribution < 1.29 is 22.7 Å². The number of nitrogens with one attached hydrogen (secondary N) is 2. The molecule has 0 aliphatic carbocycles. The highest BCUT2D eigenvalue weighted by Gasteiger charge is 2.29. The Morgan fingerprint density at radius 3 is 2.55 bits per heavy atom. The molecule has 2 amide bonds. The molecular weight excluding hydrogens is 420 g/mol. The summed E-state index contributed by atoms with van der Waals surface area (Å²) in [7, 11) is -2.00. The van der Waals surface area contributed by atoms with Crippen LogP contribution in [0.5, 0.6) is 5.75 Å². The maximum Gasteiger partial charge on any atom is 0.309 e. The lowest BCUT2D eigenvalue weighted by atomic mass is 9.98. The topological polar surface area (TPSA) is 118 Å². The molecule has 9 nitrogen and oxygen atoms in total. The Balaban J connectivity index is 1.41. The Morgan fingerprint density at radius 2 is 1.87 bits per heavy atom. The zero-order valence-electron chi connectivity index (χ0n) is 17.3. The van der Waals surface area contributed by atoms with Crippen molar-refractivity contribution >= 4 is 21.8 Å². The van der Waals surface area contributed by atoms with E-state index in [9.17, 15) is 18.0 Å². The van der Waals surface area contributed by atoms with Crippen molar-refractivity contribution in [2.45, 2.75) is 24.3 Å². The molecule has 31 heavy (non-hydrogen) atoms. The van der Waals surface area contributed by atoms with Gasteiger partial charge in [-0.3, -0.25) is 14.6 Å². The highest BCUT2D eigenvalue weighted by atomic mass is 32.2. The van der Waals surface area contributed by atoms with Crippen molar-refractivity contribution in [3.05, 3.63) is 54.4 Å². The number of nitrogens with zero attached hydrogens (tertiary/aromatic N) is 2. The van der Waals surface area contributed by atoms with Crippen LogP contribution < -0.4 is 15.4 Å². The van der Waals surface area contributed by atoms with Crippen LogP contribution in [-0.4, -0.2) is 56.3 Å². The summed E-state index contributed by atoms with van der Waals surface area (Å²) in [6, 6.07) is 10.3. The molecule has 3 rings (SSSR count). The van der Waals surface area contributed by atoms with Crippen molar-refractivity contribution in [3.8, 4) is 5.75 Å². The standard InChI is InChI=1S/C21H26N4O5S/c1-30-18-5-2-4-17(12-18)14-24-21(27)20(26)23-13-16-7-10-25(11-8-16)31(28,29)19-6-3-9-22-15-19/h2-6,9,12,15-16H,7-8,10-11,13-14H2,1H3,(H,23,26)(H,24,27). The van der Waals surface area contributed by atoms with Gasteiger partial charge in [0.15, 0.2) is 0 Å². The monoisotopic (exact) mass is 446 g/mol. The first-order valence-corrected chi connectivity index (χ1v) is 11.4. The number of hydrogen-bond donors (Lipinski definition) is 2. The molecule has 1 saturated heterocycles. The number of hydrogen-bond acceptors (Lipinski definition) is 6. The lowest BCUT2D eigenvalue weighted by Gasteiger charge is -2.31. The molecule has 0 unspecified atom stereocenters. The molecule has 2 N–H and O–H groups in total. The van der Waals surface area contributed by atoms with Gasteiger partial charge in [0.1, 0.15) is 10.6 Å². The van der Waals surface area contributed by atoms with Gasteiger partial charge in [-0.05, 0) is 48.6 Å². The minimum Gasteiger partial charge on any atom is -0.497 e. The number of sulfonamides is 1. The molecule has 0 radical (unpaired) electrons. The highest BCUT2D eigenvalue weighted by Crippen LogP contribution is 2.23. The average Bonchev–Trinajstić information content (AvgIpc) is 2.82. The Hall–Kier alpha value is -2.98. The summed E-state index contributed by atoms with van der Waals surface area (Å²) in [5.41, 5.74) is 0.822. The van der Waals surface area contributed by atoms with Crippen molar-refractivity contribution in [1.29, 1.82) is 0 Å². The van der Waals surface area contributed by atoms with Gasteiger partial charge in [-0.25, -0.2) is 8.42 Å². The van der Waals surface area contributed by atoms with Gasteiger partial charge in [0, 0.05) is 38.6 Å². The van der Waals surface area contributed by atoms with E-state index in [2.05, 4.69) is 15.6 Å². The van der Waals surface area contributed by atoms with E-state index in [-0.39, 0.29) is 17.4 Å². The summed E-state index contributed by atoms with van der Waals surface area (Å²) >= 11 is 0. The summed E-state index contributed by atoms with van der Waals surface area (Å²) in [6.07, 6.45) is 4.07. The van der Waals surface area contributed by atoms with Gasteiger partial charge in [0.25, 0.3) is 0 Å². The van der Waals surface area contributed by atoms with Crippen LogP contribution in [0.3, 0.4) is 0 Å². The van der Waals surface area contributed by atoms with Gasteiger partial charge in [-0.15, -0.1) is 0 Å². The van der Waals surface area contributed by atoms with Crippen LogP contribution in [0.2, 0.25) is 0 Å². The van der Waals surface area contributed by atoms with Crippen LogP contribution in [0.25, 0.3) is 0 Å². The van der Waals surface area contributed by atoms with Crippen LogP contribution in [0.4, 0.5) is 0 Å². The quantitative estimate of drug-likeness (QED) is 0.611. The number of carbonyl (C=O) groups excluding carboxylic acids is 2. The van der Waals surface area contributed by atoms with Gasteiger partial charge in [0.2, 0.25) is 10.0 Å². The van der Waals surface area contributed by atoms with E-state index in [0.717, 1.165) is 5.56 Å². The fourth-order valence-electron chi connectivity index (χ4n) is 3.36. The third-order valence-electron chi connectivity index (χ3n) is 5.19. The zero-order valence-corrected chi connectivity index (χ0v) is 18.1. The van der Waals surface area contributed by atoms with Crippen molar-refractivity contribution in [3.63, 3.8) is 0 Å². The Kier molecular flexibility index (Phi) is 7.59. The first-order chi connectivity index (χ1) is 14.9. The minimum atomic E-state index is -3.56. The second-order valence-electron chi connectivity index (χ2n) is 7.28. The fraction of sp³-hybridized carbons (Fsp3) is 0.381. The van der Waals surface area contributed by atoms with Crippen LogP contribution in [0, 0.1) is 5.92 Å². The van der Waals surface area contributed by atoms with Gasteiger partial charge < -0.3 is 15.4 Å². The van der Waals surface area contributed by atoms with Crippen LogP contribution in [-0.2, 0) is 26.2 Å². The van der Waals surface area contributed by atoms with Crippen LogP contribution >= 0.6 is 0 Å². The maximum atomic E-state index is 12.6. The van der Waals surface area contributed by atoms with E-state index in [0.29, 0.717) is 38.2 Å². The molecule has 10 heteroatoms. The number of benzene rings is 1. The molecule has 1 aliphatic rings. The summed E-state index contributed by atoms with van der Waals surface area (Å²) in [5, 5.41) is 5.23. The first kappa shape index (κ1) is 22.7. The van der Waals surface area contributed by atoms with Gasteiger partial charge >= 0.3 is 11.8 Å².